The Balaban J connectivity index is 1.84. The molecule has 6 heteroatoms. The van der Waals surface area contributed by atoms with Gasteiger partial charge in [0.25, 0.3) is 0 Å². The van der Waals surface area contributed by atoms with E-state index in [0.29, 0.717) is 11.7 Å². The molecule has 6 nitrogen and oxygen atoms in total. The number of benzene rings is 3. The number of rotatable bonds is 3. The maximum atomic E-state index is 13.4. The Morgan fingerprint density at radius 3 is 2.19 bits per heavy atom. The first-order valence-electron chi connectivity index (χ1n) is 8.59. The van der Waals surface area contributed by atoms with Crippen LogP contribution in [-0.4, -0.2) is 18.9 Å². The van der Waals surface area contributed by atoms with E-state index in [4.69, 9.17) is 0 Å². The molecule has 0 bridgehead atoms. The molecule has 27 heavy (non-hydrogen) atoms. The molecule has 2 heterocycles. The van der Waals surface area contributed by atoms with Crippen LogP contribution in [0.5, 0.6) is 0 Å². The van der Waals surface area contributed by atoms with E-state index >= 15 is 0 Å². The summed E-state index contributed by atoms with van der Waals surface area (Å²) < 4.78 is 3.10. The lowest BCUT2D eigenvalue weighted by atomic mass is 10.3. The van der Waals surface area contributed by atoms with Crippen LogP contribution < -0.4 is 11.0 Å². The maximum absolute atomic E-state index is 13.4. The van der Waals surface area contributed by atoms with Crippen molar-refractivity contribution < 1.29 is 0 Å². The van der Waals surface area contributed by atoms with Crippen LogP contribution in [0.3, 0.4) is 0 Å². The van der Waals surface area contributed by atoms with E-state index in [1.165, 1.54) is 0 Å². The number of hydrogen-bond donors (Lipinski definition) is 1. The lowest BCUT2D eigenvalue weighted by molar-refractivity contribution is 0.859. The van der Waals surface area contributed by atoms with E-state index in [1.807, 2.05) is 84.9 Å². The maximum Gasteiger partial charge on any atom is 0.343 e. The predicted octanol–water partition coefficient (Wildman–Crippen LogP) is 3.78. The summed E-state index contributed by atoms with van der Waals surface area (Å²) in [6.07, 6.45) is 0. The third-order valence-corrected chi connectivity index (χ3v) is 4.39. The van der Waals surface area contributed by atoms with Gasteiger partial charge in [0.15, 0.2) is 0 Å². The Kier molecular flexibility index (Phi) is 3.47. The highest BCUT2D eigenvalue weighted by Crippen LogP contribution is 2.20. The minimum absolute atomic E-state index is 0.224. The van der Waals surface area contributed by atoms with Crippen molar-refractivity contribution in [3.05, 3.63) is 95.4 Å². The van der Waals surface area contributed by atoms with E-state index in [-0.39, 0.29) is 5.69 Å². The summed E-state index contributed by atoms with van der Waals surface area (Å²) in [7, 11) is 0. The number of imidazole rings is 1. The van der Waals surface area contributed by atoms with Crippen molar-refractivity contribution in [2.45, 2.75) is 0 Å². The Hall–Kier alpha value is -3.93. The molecule has 5 rings (SSSR count). The van der Waals surface area contributed by atoms with Crippen LogP contribution >= 0.6 is 0 Å². The third-order valence-electron chi connectivity index (χ3n) is 4.39. The average Bonchev–Trinajstić information content (AvgIpc) is 3.08. The third kappa shape index (κ3) is 2.55. The van der Waals surface area contributed by atoms with Crippen molar-refractivity contribution >= 4 is 28.4 Å². The quantitative estimate of drug-likeness (QED) is 0.536. The standard InChI is InChI=1S/C21H15N5O/c27-21-25(16-11-5-2-6-12-16)19(22-15-9-3-1-4-10-15)24-20-23-17-13-7-8-14-18(17)26(20)21/h1-14H,(H,22,23,24). The van der Waals surface area contributed by atoms with Gasteiger partial charge < -0.3 is 5.32 Å². The molecule has 2 aromatic heterocycles. The number of hydrogen-bond acceptors (Lipinski definition) is 4. The van der Waals surface area contributed by atoms with E-state index in [1.54, 1.807) is 8.97 Å². The molecule has 0 atom stereocenters. The van der Waals surface area contributed by atoms with Gasteiger partial charge in [0, 0.05) is 5.69 Å². The number of nitrogens with zero attached hydrogens (tertiary/aromatic N) is 4. The Morgan fingerprint density at radius 1 is 0.741 bits per heavy atom. The zero-order valence-electron chi connectivity index (χ0n) is 14.3. The van der Waals surface area contributed by atoms with Gasteiger partial charge in [-0.3, -0.25) is 0 Å². The predicted molar refractivity (Wildman–Crippen MR) is 106 cm³/mol. The SMILES string of the molecule is O=c1n(-c2ccccc2)c(Nc2ccccc2)nc2nc3ccccc3n12. The highest BCUT2D eigenvalue weighted by atomic mass is 16.1. The second-order valence-corrected chi connectivity index (χ2v) is 6.12. The van der Waals surface area contributed by atoms with Crippen LogP contribution in [0.1, 0.15) is 0 Å². The van der Waals surface area contributed by atoms with Crippen molar-refractivity contribution in [2.24, 2.45) is 0 Å². The van der Waals surface area contributed by atoms with Gasteiger partial charge in [0.2, 0.25) is 11.7 Å². The van der Waals surface area contributed by atoms with Gasteiger partial charge in [-0.2, -0.15) is 4.98 Å². The zero-order valence-corrected chi connectivity index (χ0v) is 14.3. The fourth-order valence-electron chi connectivity index (χ4n) is 3.16. The molecule has 0 fully saturated rings. The normalized spacial score (nSPS) is 11.1. The van der Waals surface area contributed by atoms with Gasteiger partial charge in [-0.05, 0) is 36.4 Å². The van der Waals surface area contributed by atoms with Crippen LogP contribution in [0.4, 0.5) is 11.6 Å². The van der Waals surface area contributed by atoms with E-state index in [2.05, 4.69) is 15.3 Å². The van der Waals surface area contributed by atoms with Gasteiger partial charge in [0.05, 0.1) is 16.7 Å². The largest absolute Gasteiger partial charge is 0.343 e. The lowest BCUT2D eigenvalue weighted by Gasteiger charge is -2.14. The van der Waals surface area contributed by atoms with Crippen LogP contribution in [0, 0.1) is 0 Å². The molecule has 3 aromatic carbocycles. The molecule has 0 amide bonds. The lowest BCUT2D eigenvalue weighted by Crippen LogP contribution is -2.28. The van der Waals surface area contributed by atoms with Crippen LogP contribution in [0.25, 0.3) is 22.5 Å². The molecule has 0 radical (unpaired) electrons. The summed E-state index contributed by atoms with van der Waals surface area (Å²) >= 11 is 0. The van der Waals surface area contributed by atoms with Gasteiger partial charge in [-0.1, -0.05) is 48.5 Å². The molecule has 5 aromatic rings. The molecule has 0 spiro atoms. The smallest absolute Gasteiger partial charge is 0.325 e. The molecule has 0 unspecified atom stereocenters. The number of para-hydroxylation sites is 4. The molecule has 0 saturated carbocycles. The number of aromatic nitrogens is 4. The Morgan fingerprint density at radius 2 is 1.41 bits per heavy atom. The van der Waals surface area contributed by atoms with Crippen molar-refractivity contribution in [3.8, 4) is 5.69 Å². The molecule has 130 valence electrons. The Labute approximate surface area is 154 Å². The van der Waals surface area contributed by atoms with E-state index < -0.39 is 0 Å². The molecule has 1 N–H and O–H groups in total. The molecule has 0 aliphatic carbocycles. The first kappa shape index (κ1) is 15.3. The minimum atomic E-state index is -0.224. The summed E-state index contributed by atoms with van der Waals surface area (Å²) in [5.74, 6) is 0.784. The monoisotopic (exact) mass is 353 g/mol. The number of anilines is 2. The molecule has 0 aliphatic rings. The second kappa shape index (κ2) is 6.10. The molecular formula is C21H15N5O. The van der Waals surface area contributed by atoms with Crippen LogP contribution in [0.2, 0.25) is 0 Å². The summed E-state index contributed by atoms with van der Waals surface area (Å²) in [5.41, 5.74) is 2.82. The highest BCUT2D eigenvalue weighted by Gasteiger charge is 2.16. The van der Waals surface area contributed by atoms with Gasteiger partial charge in [0.1, 0.15) is 0 Å². The van der Waals surface area contributed by atoms with Crippen LogP contribution in [-0.2, 0) is 0 Å². The van der Waals surface area contributed by atoms with Crippen molar-refractivity contribution in [1.29, 1.82) is 0 Å². The molecule has 0 aliphatic heterocycles. The fourth-order valence-corrected chi connectivity index (χ4v) is 3.16. The van der Waals surface area contributed by atoms with Gasteiger partial charge in [-0.15, -0.1) is 0 Å². The number of fused-ring (bicyclic) bond motifs is 3. The fraction of sp³-hybridized carbons (Fsp3) is 0. The van der Waals surface area contributed by atoms with Crippen molar-refractivity contribution in [1.82, 2.24) is 18.9 Å². The van der Waals surface area contributed by atoms with Gasteiger partial charge in [-0.25, -0.2) is 18.7 Å². The molecule has 0 saturated heterocycles. The van der Waals surface area contributed by atoms with E-state index in [9.17, 15) is 4.79 Å². The van der Waals surface area contributed by atoms with Crippen molar-refractivity contribution in [3.63, 3.8) is 0 Å². The summed E-state index contributed by atoms with van der Waals surface area (Å²) in [5, 5.41) is 3.25. The average molecular weight is 353 g/mol. The first-order valence-corrected chi connectivity index (χ1v) is 8.59. The highest BCUT2D eigenvalue weighted by molar-refractivity contribution is 5.79. The van der Waals surface area contributed by atoms with Gasteiger partial charge >= 0.3 is 5.69 Å². The topological polar surface area (TPSA) is 64.2 Å². The second-order valence-electron chi connectivity index (χ2n) is 6.12. The Bertz CT molecular complexity index is 1310. The summed E-state index contributed by atoms with van der Waals surface area (Å²) in [6, 6.07) is 26.6. The van der Waals surface area contributed by atoms with Crippen LogP contribution in [0.15, 0.2) is 89.7 Å². The molecular weight excluding hydrogens is 338 g/mol. The summed E-state index contributed by atoms with van der Waals surface area (Å²) in [4.78, 5) is 22.6. The zero-order chi connectivity index (χ0) is 18.2. The number of nitrogens with one attached hydrogen (secondary N) is 1. The summed E-state index contributed by atoms with van der Waals surface area (Å²) in [6.45, 7) is 0. The minimum Gasteiger partial charge on any atom is -0.325 e. The van der Waals surface area contributed by atoms with E-state index in [0.717, 1.165) is 22.4 Å². The first-order chi connectivity index (χ1) is 13.3. The van der Waals surface area contributed by atoms with Crippen molar-refractivity contribution in [2.75, 3.05) is 5.32 Å².